The molecule has 0 aromatic carbocycles. The Balaban J connectivity index is 1.37. The minimum absolute atomic E-state index is 0.109. The molecule has 32 heavy (non-hydrogen) atoms. The van der Waals surface area contributed by atoms with Gasteiger partial charge in [-0.1, -0.05) is 0 Å². The maximum absolute atomic E-state index is 14.8. The van der Waals surface area contributed by atoms with Gasteiger partial charge in [0.25, 0.3) is 0 Å². The molecule has 166 valence electrons. The Morgan fingerprint density at radius 3 is 2.78 bits per heavy atom. The Morgan fingerprint density at radius 2 is 2.00 bits per heavy atom. The van der Waals surface area contributed by atoms with Crippen LogP contribution < -0.4 is 5.32 Å². The number of amides is 1. The van der Waals surface area contributed by atoms with Gasteiger partial charge in [0, 0.05) is 38.5 Å². The molecule has 0 unspecified atom stereocenters. The van der Waals surface area contributed by atoms with Crippen molar-refractivity contribution in [3.63, 3.8) is 0 Å². The van der Waals surface area contributed by atoms with Crippen molar-refractivity contribution in [1.29, 1.82) is 0 Å². The fraction of sp³-hybridized carbons (Fsp3) is 0.381. The third-order valence-corrected chi connectivity index (χ3v) is 5.60. The predicted molar refractivity (Wildman–Crippen MR) is 115 cm³/mol. The van der Waals surface area contributed by atoms with Crippen molar-refractivity contribution < 1.29 is 13.9 Å². The van der Waals surface area contributed by atoms with Gasteiger partial charge in [0.15, 0.2) is 22.9 Å². The lowest BCUT2D eigenvalue weighted by molar-refractivity contribution is -0.125. The van der Waals surface area contributed by atoms with Crippen LogP contribution in [0.15, 0.2) is 24.5 Å². The molecule has 0 aliphatic carbocycles. The van der Waals surface area contributed by atoms with Crippen LogP contribution >= 0.6 is 0 Å². The number of hydrogen-bond donors (Lipinski definition) is 1. The van der Waals surface area contributed by atoms with Crippen LogP contribution in [0.5, 0.6) is 0 Å². The molecule has 1 amide bonds. The lowest BCUT2D eigenvalue weighted by Crippen LogP contribution is -2.52. The van der Waals surface area contributed by atoms with Crippen molar-refractivity contribution in [2.45, 2.75) is 13.8 Å². The number of ether oxygens (including phenoxy) is 1. The summed E-state index contributed by atoms with van der Waals surface area (Å²) in [4.78, 5) is 23.2. The van der Waals surface area contributed by atoms with Crippen molar-refractivity contribution in [3.8, 4) is 11.3 Å². The average Bonchev–Trinajstić information content (AvgIpc) is 3.29. The van der Waals surface area contributed by atoms with Crippen LogP contribution in [-0.2, 0) is 9.53 Å². The van der Waals surface area contributed by atoms with Gasteiger partial charge in [-0.05, 0) is 31.5 Å². The number of halogens is 1. The molecule has 10 nitrogen and oxygen atoms in total. The maximum atomic E-state index is 14.8. The van der Waals surface area contributed by atoms with Crippen molar-refractivity contribution in [2.75, 3.05) is 38.7 Å². The highest BCUT2D eigenvalue weighted by molar-refractivity contribution is 5.92. The molecule has 11 heteroatoms. The number of anilines is 1. The van der Waals surface area contributed by atoms with Gasteiger partial charge in [0.1, 0.15) is 5.82 Å². The van der Waals surface area contributed by atoms with Crippen molar-refractivity contribution in [3.05, 3.63) is 41.7 Å². The number of fused-ring (bicyclic) bond motifs is 2. The Bertz CT molecular complexity index is 1320. The Labute approximate surface area is 183 Å². The molecule has 1 aliphatic heterocycles. The molecular weight excluding hydrogens is 415 g/mol. The summed E-state index contributed by atoms with van der Waals surface area (Å²) < 4.78 is 22.9. The first-order valence-electron chi connectivity index (χ1n) is 10.3. The van der Waals surface area contributed by atoms with Gasteiger partial charge in [0.2, 0.25) is 5.91 Å². The van der Waals surface area contributed by atoms with Crippen LogP contribution in [0.25, 0.3) is 22.6 Å². The first-order valence-corrected chi connectivity index (χ1v) is 10.3. The zero-order valence-electron chi connectivity index (χ0n) is 18.0. The third-order valence-electron chi connectivity index (χ3n) is 5.60. The molecule has 1 saturated heterocycles. The third kappa shape index (κ3) is 3.69. The number of aryl methyl sites for hydroxylation is 2. The van der Waals surface area contributed by atoms with Crippen LogP contribution in [0.2, 0.25) is 0 Å². The van der Waals surface area contributed by atoms with Crippen molar-refractivity contribution >= 4 is 23.0 Å². The molecule has 5 heterocycles. The minimum atomic E-state index is -0.508. The molecular formula is C21H23FN8O2. The summed E-state index contributed by atoms with van der Waals surface area (Å²) in [6.45, 7) is 6.50. The van der Waals surface area contributed by atoms with E-state index in [2.05, 4.69) is 30.4 Å². The number of aromatic nitrogens is 6. The topological polar surface area (TPSA) is 102 Å². The molecule has 0 bridgehead atoms. The molecule has 4 aromatic heterocycles. The normalized spacial score (nSPS) is 14.9. The largest absolute Gasteiger partial charge is 0.383 e. The number of hydrogen-bond acceptors (Lipinski definition) is 7. The van der Waals surface area contributed by atoms with Gasteiger partial charge in [-0.25, -0.2) is 14.4 Å². The number of nitrogens with one attached hydrogen (secondary N) is 1. The average molecular weight is 438 g/mol. The summed E-state index contributed by atoms with van der Waals surface area (Å²) in [5, 5.41) is 11.5. The highest BCUT2D eigenvalue weighted by Crippen LogP contribution is 2.24. The monoisotopic (exact) mass is 438 g/mol. The molecule has 0 radical (unpaired) electrons. The SMILES string of the molecule is COCCN1CC(C(=O)Nc2cn3cc(-c4cc(C)c5nc(C)nn5n4)cc(F)c3n2)C1. The van der Waals surface area contributed by atoms with Crippen molar-refractivity contribution in [1.82, 2.24) is 34.1 Å². The van der Waals surface area contributed by atoms with E-state index in [0.29, 0.717) is 48.2 Å². The van der Waals surface area contributed by atoms with E-state index in [9.17, 15) is 9.18 Å². The number of pyridine rings is 1. The lowest BCUT2D eigenvalue weighted by atomic mass is 9.99. The minimum Gasteiger partial charge on any atom is -0.383 e. The van der Waals surface area contributed by atoms with E-state index in [1.165, 1.54) is 10.7 Å². The molecule has 0 saturated carbocycles. The summed E-state index contributed by atoms with van der Waals surface area (Å²) in [5.41, 5.74) is 2.81. The van der Waals surface area contributed by atoms with Crippen LogP contribution in [0, 0.1) is 25.6 Å². The van der Waals surface area contributed by atoms with E-state index in [1.54, 1.807) is 30.8 Å². The summed E-state index contributed by atoms with van der Waals surface area (Å²) in [6, 6.07) is 3.22. The van der Waals surface area contributed by atoms with Gasteiger partial charge in [0.05, 0.1) is 24.4 Å². The van der Waals surface area contributed by atoms with Crippen molar-refractivity contribution in [2.24, 2.45) is 5.92 Å². The number of methoxy groups -OCH3 is 1. The summed E-state index contributed by atoms with van der Waals surface area (Å²) in [7, 11) is 1.66. The molecule has 5 rings (SSSR count). The quantitative estimate of drug-likeness (QED) is 0.489. The number of rotatable bonds is 6. The van der Waals surface area contributed by atoms with Gasteiger partial charge < -0.3 is 14.5 Å². The second kappa shape index (κ2) is 7.92. The van der Waals surface area contributed by atoms with E-state index in [1.807, 2.05) is 13.0 Å². The number of nitrogens with zero attached hydrogens (tertiary/aromatic N) is 7. The van der Waals surface area contributed by atoms with Gasteiger partial charge in [-0.3, -0.25) is 9.69 Å². The predicted octanol–water partition coefficient (Wildman–Crippen LogP) is 1.71. The zero-order valence-corrected chi connectivity index (χ0v) is 18.0. The maximum Gasteiger partial charge on any atom is 0.231 e. The molecule has 0 atom stereocenters. The summed E-state index contributed by atoms with van der Waals surface area (Å²) in [6.07, 6.45) is 3.33. The van der Waals surface area contributed by atoms with Gasteiger partial charge >= 0.3 is 0 Å². The molecule has 0 spiro atoms. The van der Waals surface area contributed by atoms with E-state index >= 15 is 0 Å². The Morgan fingerprint density at radius 1 is 1.19 bits per heavy atom. The van der Waals surface area contributed by atoms with Crippen LogP contribution in [0.1, 0.15) is 11.4 Å². The van der Waals surface area contributed by atoms with E-state index in [4.69, 9.17) is 4.74 Å². The fourth-order valence-electron chi connectivity index (χ4n) is 3.89. The molecule has 1 N–H and O–H groups in total. The lowest BCUT2D eigenvalue weighted by Gasteiger charge is -2.37. The van der Waals surface area contributed by atoms with Gasteiger partial charge in [-0.2, -0.15) is 0 Å². The first-order chi connectivity index (χ1) is 15.4. The number of carbonyl (C=O) groups is 1. The molecule has 4 aromatic rings. The van der Waals surface area contributed by atoms with Gasteiger partial charge in [-0.15, -0.1) is 14.8 Å². The van der Waals surface area contributed by atoms with Crippen LogP contribution in [0.3, 0.4) is 0 Å². The Kier molecular flexibility index (Phi) is 5.06. The van der Waals surface area contributed by atoms with E-state index in [0.717, 1.165) is 12.1 Å². The summed E-state index contributed by atoms with van der Waals surface area (Å²) >= 11 is 0. The smallest absolute Gasteiger partial charge is 0.231 e. The highest BCUT2D eigenvalue weighted by atomic mass is 19.1. The standard InChI is InChI=1S/C21H23FN8O2/c1-12-6-17(27-30-19(12)23-13(2)26-30)14-7-16(22)20-24-18(11-29(20)10-14)25-21(31)15-8-28(9-15)4-5-32-3/h6-7,10-11,15H,4-5,8-9H2,1-3H3,(H,25,31). The van der Waals surface area contributed by atoms with Crippen LogP contribution in [0.4, 0.5) is 10.2 Å². The molecule has 1 aliphatic rings. The summed E-state index contributed by atoms with van der Waals surface area (Å²) in [5.74, 6) is 0.191. The van der Waals surface area contributed by atoms with E-state index < -0.39 is 5.82 Å². The number of imidazole rings is 1. The fourth-order valence-corrected chi connectivity index (χ4v) is 3.89. The van der Waals surface area contributed by atoms with Crippen LogP contribution in [-0.4, -0.2) is 73.4 Å². The second-order valence-electron chi connectivity index (χ2n) is 8.06. The number of carbonyl (C=O) groups excluding carboxylic acids is 1. The second-order valence-corrected chi connectivity index (χ2v) is 8.06. The first kappa shape index (κ1) is 20.5. The molecule has 1 fully saturated rings. The highest BCUT2D eigenvalue weighted by Gasteiger charge is 2.32. The zero-order chi connectivity index (χ0) is 22.4. The Hall–Kier alpha value is -3.44. The van der Waals surface area contributed by atoms with E-state index in [-0.39, 0.29) is 17.5 Å². The number of likely N-dealkylation sites (tertiary alicyclic amines) is 1.